The maximum atomic E-state index is 11.3. The van der Waals surface area contributed by atoms with Crippen molar-refractivity contribution in [1.29, 1.82) is 0 Å². The van der Waals surface area contributed by atoms with E-state index in [4.69, 9.17) is 24.7 Å². The van der Waals surface area contributed by atoms with E-state index >= 15 is 0 Å². The second-order valence-electron chi connectivity index (χ2n) is 5.21. The average Bonchev–Trinajstić information content (AvgIpc) is 2.80. The molecule has 110 valence electrons. The maximum absolute atomic E-state index is 11.3. The molecule has 2 aliphatic rings. The van der Waals surface area contributed by atoms with E-state index in [1.54, 1.807) is 7.11 Å². The van der Waals surface area contributed by atoms with Gasteiger partial charge in [-0.25, -0.2) is 0 Å². The largest absolute Gasteiger partial charge is 0.469 e. The normalized spacial score (nSPS) is 37.9. The summed E-state index contributed by atoms with van der Waals surface area (Å²) in [6, 6.07) is -0.529. The molecule has 0 aromatic carbocycles. The lowest BCUT2D eigenvalue weighted by Crippen LogP contribution is -2.47. The highest BCUT2D eigenvalue weighted by Crippen LogP contribution is 2.39. The van der Waals surface area contributed by atoms with Gasteiger partial charge in [0.1, 0.15) is 18.3 Å². The second-order valence-corrected chi connectivity index (χ2v) is 5.21. The minimum Gasteiger partial charge on any atom is -0.469 e. The van der Waals surface area contributed by atoms with Gasteiger partial charge in [0.2, 0.25) is 0 Å². The number of nitrogens with two attached hydrogens (primary N) is 1. The van der Waals surface area contributed by atoms with Gasteiger partial charge in [-0.2, -0.15) is 0 Å². The molecule has 0 radical (unpaired) electrons. The fraction of sp³-hybridized carbons (Fsp3) is 0.917. The summed E-state index contributed by atoms with van der Waals surface area (Å²) < 4.78 is 27.1. The first-order valence-electron chi connectivity index (χ1n) is 6.24. The van der Waals surface area contributed by atoms with Gasteiger partial charge in [0.15, 0.2) is 12.1 Å². The van der Waals surface area contributed by atoms with Crippen LogP contribution in [0.25, 0.3) is 0 Å². The second kappa shape index (κ2) is 5.34. The van der Waals surface area contributed by atoms with Crippen molar-refractivity contribution in [3.05, 3.63) is 0 Å². The summed E-state index contributed by atoms with van der Waals surface area (Å²) in [4.78, 5) is 11.3. The van der Waals surface area contributed by atoms with Crippen molar-refractivity contribution in [2.45, 2.75) is 56.7 Å². The summed E-state index contributed by atoms with van der Waals surface area (Å²) in [7, 11) is 2.88. The number of hydrogen-bond donors (Lipinski definition) is 1. The molecule has 2 aliphatic heterocycles. The van der Waals surface area contributed by atoms with Crippen molar-refractivity contribution in [2.75, 3.05) is 14.2 Å². The zero-order chi connectivity index (χ0) is 14.2. The highest BCUT2D eigenvalue weighted by atomic mass is 16.8. The minimum atomic E-state index is -0.705. The summed E-state index contributed by atoms with van der Waals surface area (Å²) in [5, 5.41) is 0. The third-order valence-electron chi connectivity index (χ3n) is 3.35. The lowest BCUT2D eigenvalue weighted by Gasteiger charge is -2.27. The molecule has 19 heavy (non-hydrogen) atoms. The Morgan fingerprint density at radius 1 is 1.37 bits per heavy atom. The first-order chi connectivity index (χ1) is 8.88. The van der Waals surface area contributed by atoms with Crippen LogP contribution in [0.1, 0.15) is 20.3 Å². The summed E-state index contributed by atoms with van der Waals surface area (Å²) in [5.41, 5.74) is 5.98. The number of rotatable bonds is 4. The lowest BCUT2D eigenvalue weighted by atomic mass is 10.0. The van der Waals surface area contributed by atoms with Crippen LogP contribution < -0.4 is 5.73 Å². The van der Waals surface area contributed by atoms with Crippen LogP contribution in [0.2, 0.25) is 0 Å². The molecule has 2 fully saturated rings. The molecule has 0 spiro atoms. The molecular formula is C12H21NO6. The van der Waals surface area contributed by atoms with Gasteiger partial charge in [0.25, 0.3) is 0 Å². The van der Waals surface area contributed by atoms with Crippen LogP contribution in [0.4, 0.5) is 0 Å². The van der Waals surface area contributed by atoms with Gasteiger partial charge in [0, 0.05) is 13.2 Å². The first-order valence-corrected chi connectivity index (χ1v) is 6.24. The number of ether oxygens (including phenoxy) is 5. The van der Waals surface area contributed by atoms with Gasteiger partial charge in [-0.15, -0.1) is 0 Å². The number of methoxy groups -OCH3 is 2. The van der Waals surface area contributed by atoms with Crippen molar-refractivity contribution < 1.29 is 28.5 Å². The highest BCUT2D eigenvalue weighted by Gasteiger charge is 2.56. The standard InChI is InChI=1S/C12H21NO6/c1-12(2)18-10-9(16-4)8(17-11(10)19-12)6(13)5-7(14)15-3/h6,8-11H,5,13H2,1-4H3. The monoisotopic (exact) mass is 275 g/mol. The predicted octanol–water partition coefficient (Wildman–Crippen LogP) is -0.232. The number of fused-ring (bicyclic) bond motifs is 1. The van der Waals surface area contributed by atoms with E-state index in [2.05, 4.69) is 4.74 Å². The number of hydrogen-bond acceptors (Lipinski definition) is 7. The Labute approximate surface area is 112 Å². The van der Waals surface area contributed by atoms with E-state index in [1.807, 2.05) is 13.8 Å². The minimum absolute atomic E-state index is 0.0594. The van der Waals surface area contributed by atoms with E-state index in [1.165, 1.54) is 7.11 Å². The SMILES string of the molecule is COC(=O)CC(N)C1OC2OC(C)(C)OC2C1OC. The molecule has 0 aromatic heterocycles. The Bertz CT molecular complexity index is 347. The number of carbonyl (C=O) groups is 1. The maximum Gasteiger partial charge on any atom is 0.307 e. The van der Waals surface area contributed by atoms with Gasteiger partial charge >= 0.3 is 5.97 Å². The van der Waals surface area contributed by atoms with Crippen LogP contribution >= 0.6 is 0 Å². The fourth-order valence-electron chi connectivity index (χ4n) is 2.51. The molecule has 5 unspecified atom stereocenters. The molecular weight excluding hydrogens is 254 g/mol. The van der Waals surface area contributed by atoms with Crippen molar-refractivity contribution in [3.63, 3.8) is 0 Å². The van der Waals surface area contributed by atoms with E-state index in [-0.39, 0.29) is 24.6 Å². The van der Waals surface area contributed by atoms with Crippen LogP contribution in [-0.2, 0) is 28.5 Å². The van der Waals surface area contributed by atoms with Crippen molar-refractivity contribution in [1.82, 2.24) is 0 Å². The molecule has 2 N–H and O–H groups in total. The zero-order valence-corrected chi connectivity index (χ0v) is 11.6. The Morgan fingerprint density at radius 2 is 2.05 bits per heavy atom. The van der Waals surface area contributed by atoms with Crippen molar-refractivity contribution in [2.24, 2.45) is 5.73 Å². The molecule has 7 nitrogen and oxygen atoms in total. The smallest absolute Gasteiger partial charge is 0.307 e. The fourth-order valence-corrected chi connectivity index (χ4v) is 2.51. The van der Waals surface area contributed by atoms with Gasteiger partial charge < -0.3 is 29.4 Å². The summed E-state index contributed by atoms with van der Waals surface area (Å²) in [5.74, 6) is -1.09. The van der Waals surface area contributed by atoms with Gasteiger partial charge in [-0.3, -0.25) is 4.79 Å². The van der Waals surface area contributed by atoms with Gasteiger partial charge in [-0.05, 0) is 13.8 Å². The van der Waals surface area contributed by atoms with Crippen LogP contribution in [0.5, 0.6) is 0 Å². The van der Waals surface area contributed by atoms with Crippen LogP contribution in [0.15, 0.2) is 0 Å². The highest BCUT2D eigenvalue weighted by molar-refractivity contribution is 5.70. The molecule has 7 heteroatoms. The molecule has 2 rings (SSSR count). The molecule has 0 aromatic rings. The van der Waals surface area contributed by atoms with E-state index in [0.717, 1.165) is 0 Å². The quantitative estimate of drug-likeness (QED) is 0.709. The number of esters is 1. The molecule has 2 saturated heterocycles. The molecule has 0 aliphatic carbocycles. The Hall–Kier alpha value is -0.730. The molecule has 0 saturated carbocycles. The summed E-state index contributed by atoms with van der Waals surface area (Å²) in [6.07, 6.45) is -1.63. The summed E-state index contributed by atoms with van der Waals surface area (Å²) in [6.45, 7) is 3.62. The van der Waals surface area contributed by atoms with E-state index in [0.29, 0.717) is 0 Å². The number of carbonyl (C=O) groups excluding carboxylic acids is 1. The lowest BCUT2D eigenvalue weighted by molar-refractivity contribution is -0.219. The Kier molecular flexibility index (Phi) is 4.12. The third-order valence-corrected chi connectivity index (χ3v) is 3.35. The third kappa shape index (κ3) is 2.90. The van der Waals surface area contributed by atoms with Crippen LogP contribution in [0.3, 0.4) is 0 Å². The topological polar surface area (TPSA) is 89.2 Å². The van der Waals surface area contributed by atoms with Crippen LogP contribution in [-0.4, -0.2) is 56.6 Å². The summed E-state index contributed by atoms with van der Waals surface area (Å²) >= 11 is 0. The van der Waals surface area contributed by atoms with E-state index in [9.17, 15) is 4.79 Å². The zero-order valence-electron chi connectivity index (χ0n) is 11.6. The Morgan fingerprint density at radius 3 is 2.63 bits per heavy atom. The first kappa shape index (κ1) is 14.7. The van der Waals surface area contributed by atoms with Crippen molar-refractivity contribution in [3.8, 4) is 0 Å². The van der Waals surface area contributed by atoms with Gasteiger partial charge in [0.05, 0.1) is 13.5 Å². The molecule has 0 amide bonds. The average molecular weight is 275 g/mol. The van der Waals surface area contributed by atoms with Crippen molar-refractivity contribution >= 4 is 5.97 Å². The molecule has 5 atom stereocenters. The molecule has 2 heterocycles. The predicted molar refractivity (Wildman–Crippen MR) is 64.1 cm³/mol. The molecule has 0 bridgehead atoms. The van der Waals surface area contributed by atoms with E-state index < -0.39 is 24.2 Å². The van der Waals surface area contributed by atoms with Crippen LogP contribution in [0, 0.1) is 0 Å². The van der Waals surface area contributed by atoms with Gasteiger partial charge in [-0.1, -0.05) is 0 Å². The Balaban J connectivity index is 2.03.